The second-order valence-corrected chi connectivity index (χ2v) is 6.17. The van der Waals surface area contributed by atoms with E-state index >= 15 is 0 Å². The molecule has 0 aliphatic heterocycles. The van der Waals surface area contributed by atoms with E-state index in [2.05, 4.69) is 40.9 Å². The van der Waals surface area contributed by atoms with Gasteiger partial charge >= 0.3 is 0 Å². The van der Waals surface area contributed by atoms with Crippen molar-refractivity contribution in [2.45, 2.75) is 33.2 Å². The van der Waals surface area contributed by atoms with E-state index in [9.17, 15) is 0 Å². The summed E-state index contributed by atoms with van der Waals surface area (Å²) >= 11 is 1.76. The van der Waals surface area contributed by atoms with Crippen molar-refractivity contribution in [1.29, 1.82) is 0 Å². The number of hydrogen-bond acceptors (Lipinski definition) is 3. The van der Waals surface area contributed by atoms with Crippen molar-refractivity contribution in [1.82, 2.24) is 10.6 Å². The van der Waals surface area contributed by atoms with Crippen molar-refractivity contribution in [3.05, 3.63) is 21.9 Å². The van der Waals surface area contributed by atoms with Crippen LogP contribution >= 0.6 is 11.3 Å². The molecule has 0 spiro atoms. The molecule has 1 fully saturated rings. The van der Waals surface area contributed by atoms with Gasteiger partial charge in [-0.3, -0.25) is 0 Å². The molecule has 0 amide bonds. The van der Waals surface area contributed by atoms with Crippen molar-refractivity contribution in [3.63, 3.8) is 0 Å². The molecule has 4 nitrogen and oxygen atoms in total. The Morgan fingerprint density at radius 1 is 1.45 bits per heavy atom. The number of aliphatic imine (C=N–C) groups is 1. The van der Waals surface area contributed by atoms with Crippen LogP contribution in [0, 0.1) is 12.8 Å². The predicted octanol–water partition coefficient (Wildman–Crippen LogP) is 2.54. The van der Waals surface area contributed by atoms with E-state index in [1.807, 2.05) is 0 Å². The van der Waals surface area contributed by atoms with Gasteiger partial charge in [-0.05, 0) is 49.6 Å². The summed E-state index contributed by atoms with van der Waals surface area (Å²) in [6, 6.07) is 2.14. The number of hydrogen-bond donors (Lipinski definition) is 2. The van der Waals surface area contributed by atoms with Crippen molar-refractivity contribution < 1.29 is 4.74 Å². The SMILES string of the molecule is CCNC(=NCc1sccc1C)NCCOCC1CC1. The molecule has 1 aromatic rings. The fourth-order valence-electron chi connectivity index (χ4n) is 1.83. The minimum Gasteiger partial charge on any atom is -0.379 e. The first kappa shape index (κ1) is 15.3. The van der Waals surface area contributed by atoms with Crippen molar-refractivity contribution >= 4 is 17.3 Å². The molecule has 20 heavy (non-hydrogen) atoms. The molecule has 5 heteroatoms. The van der Waals surface area contributed by atoms with E-state index in [1.165, 1.54) is 23.3 Å². The summed E-state index contributed by atoms with van der Waals surface area (Å²) in [6.07, 6.45) is 2.69. The topological polar surface area (TPSA) is 45.7 Å². The minimum absolute atomic E-state index is 0.738. The monoisotopic (exact) mass is 295 g/mol. The summed E-state index contributed by atoms with van der Waals surface area (Å²) in [5, 5.41) is 8.70. The van der Waals surface area contributed by atoms with Crippen LogP contribution in [-0.2, 0) is 11.3 Å². The van der Waals surface area contributed by atoms with E-state index < -0.39 is 0 Å². The number of nitrogens with one attached hydrogen (secondary N) is 2. The zero-order valence-electron chi connectivity index (χ0n) is 12.4. The van der Waals surface area contributed by atoms with E-state index in [1.54, 1.807) is 11.3 Å². The maximum absolute atomic E-state index is 5.61. The molecule has 0 radical (unpaired) electrons. The van der Waals surface area contributed by atoms with Crippen LogP contribution in [0.5, 0.6) is 0 Å². The Labute approximate surface area is 125 Å². The second kappa shape index (κ2) is 8.27. The van der Waals surface area contributed by atoms with Gasteiger partial charge in [0.25, 0.3) is 0 Å². The zero-order chi connectivity index (χ0) is 14.2. The summed E-state index contributed by atoms with van der Waals surface area (Å²) in [5.74, 6) is 1.70. The van der Waals surface area contributed by atoms with Crippen LogP contribution < -0.4 is 10.6 Å². The highest BCUT2D eigenvalue weighted by Gasteiger charge is 2.20. The number of thiophene rings is 1. The predicted molar refractivity (Wildman–Crippen MR) is 85.4 cm³/mol. The first-order valence-electron chi connectivity index (χ1n) is 7.42. The average molecular weight is 295 g/mol. The quantitative estimate of drug-likeness (QED) is 0.440. The Kier molecular flexibility index (Phi) is 6.33. The fourth-order valence-corrected chi connectivity index (χ4v) is 2.66. The molecule has 2 rings (SSSR count). The molecular formula is C15H25N3OS. The minimum atomic E-state index is 0.738. The van der Waals surface area contributed by atoms with Crippen LogP contribution in [0.4, 0.5) is 0 Å². The maximum Gasteiger partial charge on any atom is 0.191 e. The maximum atomic E-state index is 5.61. The van der Waals surface area contributed by atoms with Crippen LogP contribution in [0.1, 0.15) is 30.2 Å². The lowest BCUT2D eigenvalue weighted by Crippen LogP contribution is -2.39. The third-order valence-corrected chi connectivity index (χ3v) is 4.29. The molecule has 0 saturated heterocycles. The van der Waals surface area contributed by atoms with E-state index in [0.29, 0.717) is 0 Å². The highest BCUT2D eigenvalue weighted by Crippen LogP contribution is 2.28. The van der Waals surface area contributed by atoms with Crippen LogP contribution in [-0.4, -0.2) is 32.3 Å². The Hall–Kier alpha value is -1.07. The van der Waals surface area contributed by atoms with Gasteiger partial charge in [-0.1, -0.05) is 0 Å². The summed E-state index contributed by atoms with van der Waals surface area (Å²) in [7, 11) is 0. The molecule has 0 atom stereocenters. The third-order valence-electron chi connectivity index (χ3n) is 3.28. The van der Waals surface area contributed by atoms with Gasteiger partial charge in [0.05, 0.1) is 13.2 Å². The van der Waals surface area contributed by atoms with Gasteiger partial charge in [0, 0.05) is 24.6 Å². The number of guanidine groups is 1. The van der Waals surface area contributed by atoms with Gasteiger partial charge < -0.3 is 15.4 Å². The average Bonchev–Trinajstić information content (AvgIpc) is 3.17. The molecule has 0 aromatic carbocycles. The highest BCUT2D eigenvalue weighted by molar-refractivity contribution is 7.10. The molecule has 1 saturated carbocycles. The van der Waals surface area contributed by atoms with Gasteiger partial charge in [-0.15, -0.1) is 11.3 Å². The lowest BCUT2D eigenvalue weighted by Gasteiger charge is -2.11. The van der Waals surface area contributed by atoms with Gasteiger partial charge in [-0.25, -0.2) is 4.99 Å². The summed E-state index contributed by atoms with van der Waals surface area (Å²) < 4.78 is 5.61. The first-order chi connectivity index (χ1) is 9.79. The van der Waals surface area contributed by atoms with Crippen LogP contribution in [0.2, 0.25) is 0 Å². The Morgan fingerprint density at radius 2 is 2.30 bits per heavy atom. The smallest absolute Gasteiger partial charge is 0.191 e. The standard InChI is InChI=1S/C15H25N3OS/c1-3-16-15(17-7-8-19-11-13-4-5-13)18-10-14-12(2)6-9-20-14/h6,9,13H,3-5,7-8,10-11H2,1-2H3,(H2,16,17,18). The molecule has 0 bridgehead atoms. The number of ether oxygens (including phenoxy) is 1. The van der Waals surface area contributed by atoms with E-state index in [-0.39, 0.29) is 0 Å². The lowest BCUT2D eigenvalue weighted by atomic mass is 10.3. The van der Waals surface area contributed by atoms with Crippen LogP contribution in [0.25, 0.3) is 0 Å². The second-order valence-electron chi connectivity index (χ2n) is 5.17. The molecule has 1 aliphatic carbocycles. The van der Waals surface area contributed by atoms with Crippen molar-refractivity contribution in [2.75, 3.05) is 26.3 Å². The number of aryl methyl sites for hydroxylation is 1. The molecule has 1 aliphatic rings. The first-order valence-corrected chi connectivity index (χ1v) is 8.30. The highest BCUT2D eigenvalue weighted by atomic mass is 32.1. The Bertz CT molecular complexity index is 427. The van der Waals surface area contributed by atoms with Crippen LogP contribution in [0.15, 0.2) is 16.4 Å². The van der Waals surface area contributed by atoms with Crippen LogP contribution in [0.3, 0.4) is 0 Å². The van der Waals surface area contributed by atoms with Crippen molar-refractivity contribution in [2.24, 2.45) is 10.9 Å². The number of rotatable bonds is 8. The molecule has 112 valence electrons. The Balaban J connectivity index is 1.69. The summed E-state index contributed by atoms with van der Waals surface area (Å²) in [6.45, 7) is 8.30. The lowest BCUT2D eigenvalue weighted by molar-refractivity contribution is 0.129. The van der Waals surface area contributed by atoms with E-state index in [4.69, 9.17) is 4.74 Å². The van der Waals surface area contributed by atoms with Gasteiger partial charge in [-0.2, -0.15) is 0 Å². The largest absolute Gasteiger partial charge is 0.379 e. The fraction of sp³-hybridized carbons (Fsp3) is 0.667. The zero-order valence-corrected chi connectivity index (χ0v) is 13.3. The summed E-state index contributed by atoms with van der Waals surface area (Å²) in [4.78, 5) is 5.94. The van der Waals surface area contributed by atoms with Gasteiger partial charge in [0.1, 0.15) is 0 Å². The summed E-state index contributed by atoms with van der Waals surface area (Å²) in [5.41, 5.74) is 1.32. The molecule has 0 unspecified atom stereocenters. The van der Waals surface area contributed by atoms with Gasteiger partial charge in [0.15, 0.2) is 5.96 Å². The third kappa shape index (κ3) is 5.51. The molecule has 1 heterocycles. The normalized spacial score (nSPS) is 15.4. The van der Waals surface area contributed by atoms with Crippen molar-refractivity contribution in [3.8, 4) is 0 Å². The molecule has 2 N–H and O–H groups in total. The van der Waals surface area contributed by atoms with E-state index in [0.717, 1.165) is 44.7 Å². The van der Waals surface area contributed by atoms with Gasteiger partial charge in [0.2, 0.25) is 0 Å². The number of nitrogens with zero attached hydrogens (tertiary/aromatic N) is 1. The molecular weight excluding hydrogens is 270 g/mol. The Morgan fingerprint density at radius 3 is 2.95 bits per heavy atom. The molecule has 1 aromatic heterocycles.